The van der Waals surface area contributed by atoms with Crippen LogP contribution in [0.25, 0.3) is 0 Å². The van der Waals surface area contributed by atoms with E-state index in [-0.39, 0.29) is 19.0 Å². The van der Waals surface area contributed by atoms with Crippen LogP contribution >= 0.6 is 0 Å². The largest absolute Gasteiger partial charge is 0.481 e. The highest BCUT2D eigenvalue weighted by Gasteiger charge is 2.35. The van der Waals surface area contributed by atoms with Crippen molar-refractivity contribution in [1.29, 1.82) is 0 Å². The lowest BCUT2D eigenvalue weighted by atomic mass is 10.0. The van der Waals surface area contributed by atoms with E-state index in [2.05, 4.69) is 10.5 Å². The van der Waals surface area contributed by atoms with Gasteiger partial charge in [-0.3, -0.25) is 9.59 Å². The van der Waals surface area contributed by atoms with Gasteiger partial charge in [-0.15, -0.1) is 0 Å². The van der Waals surface area contributed by atoms with Gasteiger partial charge in [0.05, 0.1) is 25.5 Å². The van der Waals surface area contributed by atoms with E-state index in [9.17, 15) is 9.59 Å². The smallest absolute Gasteiger partial charge is 0.311 e. The summed E-state index contributed by atoms with van der Waals surface area (Å²) in [6.45, 7) is 1.98. The third kappa shape index (κ3) is 2.28. The Balaban J connectivity index is 2.04. The summed E-state index contributed by atoms with van der Waals surface area (Å²) in [6, 6.07) is -0.538. The third-order valence-electron chi connectivity index (χ3n) is 2.67. The molecule has 0 saturated carbocycles. The molecule has 0 aromatic carbocycles. The van der Waals surface area contributed by atoms with Gasteiger partial charge < -0.3 is 19.7 Å². The average Bonchev–Trinajstić information content (AvgIpc) is 2.86. The minimum Gasteiger partial charge on any atom is -0.481 e. The molecule has 2 heterocycles. The number of carbonyl (C=O) groups is 2. The number of carboxylic acids is 1. The summed E-state index contributed by atoms with van der Waals surface area (Å²) in [5.41, 5.74) is 0.605. The van der Waals surface area contributed by atoms with Crippen LogP contribution in [0.5, 0.6) is 0 Å². The van der Waals surface area contributed by atoms with Crippen LogP contribution in [0.1, 0.15) is 16.1 Å². The van der Waals surface area contributed by atoms with Crippen LogP contribution in [-0.4, -0.2) is 41.4 Å². The summed E-state index contributed by atoms with van der Waals surface area (Å²) >= 11 is 0. The number of nitrogens with one attached hydrogen (secondary N) is 1. The number of aromatic nitrogens is 1. The first-order valence-electron chi connectivity index (χ1n) is 5.12. The SMILES string of the molecule is Cc1cnoc1C(=O)NC1COCC1C(=O)O. The van der Waals surface area contributed by atoms with E-state index in [0.717, 1.165) is 0 Å². The number of aliphatic carboxylic acids is 1. The maximum atomic E-state index is 11.8. The van der Waals surface area contributed by atoms with Gasteiger partial charge in [-0.1, -0.05) is 5.16 Å². The van der Waals surface area contributed by atoms with E-state index in [1.807, 2.05) is 0 Å². The Bertz CT molecular complexity index is 442. The number of rotatable bonds is 3. The zero-order valence-corrected chi connectivity index (χ0v) is 9.17. The van der Waals surface area contributed by atoms with Crippen molar-refractivity contribution in [2.45, 2.75) is 13.0 Å². The van der Waals surface area contributed by atoms with Gasteiger partial charge in [-0.2, -0.15) is 0 Å². The highest BCUT2D eigenvalue weighted by molar-refractivity contribution is 5.93. The van der Waals surface area contributed by atoms with Gasteiger partial charge in [0, 0.05) is 5.56 Å². The van der Waals surface area contributed by atoms with Crippen molar-refractivity contribution in [3.05, 3.63) is 17.5 Å². The van der Waals surface area contributed by atoms with Crippen LogP contribution in [0, 0.1) is 12.8 Å². The fourth-order valence-corrected chi connectivity index (χ4v) is 1.68. The predicted octanol–water partition coefficient (Wildman–Crippen LogP) is -0.188. The van der Waals surface area contributed by atoms with Gasteiger partial charge >= 0.3 is 5.97 Å². The Hall–Kier alpha value is -1.89. The zero-order chi connectivity index (χ0) is 12.4. The lowest BCUT2D eigenvalue weighted by Crippen LogP contribution is -2.42. The number of hydrogen-bond acceptors (Lipinski definition) is 5. The van der Waals surface area contributed by atoms with Crippen molar-refractivity contribution in [1.82, 2.24) is 10.5 Å². The monoisotopic (exact) mass is 240 g/mol. The summed E-state index contributed by atoms with van der Waals surface area (Å²) in [4.78, 5) is 22.6. The molecule has 2 atom stereocenters. The van der Waals surface area contributed by atoms with Crippen LogP contribution in [-0.2, 0) is 9.53 Å². The van der Waals surface area contributed by atoms with E-state index < -0.39 is 23.8 Å². The van der Waals surface area contributed by atoms with E-state index >= 15 is 0 Å². The first-order chi connectivity index (χ1) is 8.09. The van der Waals surface area contributed by atoms with Crippen LogP contribution in [0.4, 0.5) is 0 Å². The molecule has 1 aromatic heterocycles. The predicted molar refractivity (Wildman–Crippen MR) is 54.4 cm³/mol. The van der Waals surface area contributed by atoms with E-state index in [1.54, 1.807) is 6.92 Å². The van der Waals surface area contributed by atoms with Crippen LogP contribution in [0.15, 0.2) is 10.7 Å². The molecule has 2 rings (SSSR count). The number of ether oxygens (including phenoxy) is 1. The second-order valence-electron chi connectivity index (χ2n) is 3.90. The molecule has 0 aliphatic carbocycles. The summed E-state index contributed by atoms with van der Waals surface area (Å²) in [6.07, 6.45) is 1.43. The van der Waals surface area contributed by atoms with E-state index in [4.69, 9.17) is 14.4 Å². The minimum atomic E-state index is -0.984. The topological polar surface area (TPSA) is 102 Å². The van der Waals surface area contributed by atoms with Gasteiger partial charge in [0.25, 0.3) is 5.91 Å². The molecule has 2 N–H and O–H groups in total. The highest BCUT2D eigenvalue weighted by Crippen LogP contribution is 2.15. The Kier molecular flexibility index (Phi) is 3.10. The Morgan fingerprint density at radius 3 is 2.88 bits per heavy atom. The first-order valence-corrected chi connectivity index (χ1v) is 5.12. The van der Waals surface area contributed by atoms with Gasteiger partial charge in [0.15, 0.2) is 0 Å². The molecule has 2 unspecified atom stereocenters. The fourth-order valence-electron chi connectivity index (χ4n) is 1.68. The molecule has 92 valence electrons. The van der Waals surface area contributed by atoms with Crippen LogP contribution in [0.2, 0.25) is 0 Å². The molecule has 0 spiro atoms. The van der Waals surface area contributed by atoms with Gasteiger partial charge in [0.1, 0.15) is 5.92 Å². The summed E-state index contributed by atoms with van der Waals surface area (Å²) in [7, 11) is 0. The molecule has 0 bridgehead atoms. The van der Waals surface area contributed by atoms with Gasteiger partial charge in [-0.05, 0) is 6.92 Å². The number of carboxylic acid groups (broad SMARTS) is 1. The molecular formula is C10H12N2O5. The Morgan fingerprint density at radius 2 is 2.29 bits per heavy atom. The second kappa shape index (κ2) is 4.54. The first kappa shape index (κ1) is 11.6. The van der Waals surface area contributed by atoms with Crippen molar-refractivity contribution in [3.8, 4) is 0 Å². The van der Waals surface area contributed by atoms with Crippen molar-refractivity contribution in [2.24, 2.45) is 5.92 Å². The van der Waals surface area contributed by atoms with Gasteiger partial charge in [0.2, 0.25) is 5.76 Å². The molecule has 17 heavy (non-hydrogen) atoms. The van der Waals surface area contributed by atoms with Crippen molar-refractivity contribution in [2.75, 3.05) is 13.2 Å². The Labute approximate surface area is 96.7 Å². The molecule has 1 aliphatic rings. The summed E-state index contributed by atoms with van der Waals surface area (Å²) < 4.78 is 9.82. The normalized spacial score (nSPS) is 23.6. The molecule has 7 nitrogen and oxygen atoms in total. The molecule has 7 heteroatoms. The Morgan fingerprint density at radius 1 is 1.53 bits per heavy atom. The maximum Gasteiger partial charge on any atom is 0.311 e. The number of carbonyl (C=O) groups excluding carboxylic acids is 1. The minimum absolute atomic E-state index is 0.0982. The van der Waals surface area contributed by atoms with Crippen molar-refractivity contribution in [3.63, 3.8) is 0 Å². The quantitative estimate of drug-likeness (QED) is 0.759. The molecular weight excluding hydrogens is 228 g/mol. The second-order valence-corrected chi connectivity index (χ2v) is 3.90. The van der Waals surface area contributed by atoms with Crippen molar-refractivity contribution >= 4 is 11.9 Å². The third-order valence-corrected chi connectivity index (χ3v) is 2.67. The number of hydrogen-bond donors (Lipinski definition) is 2. The molecule has 1 fully saturated rings. The molecule has 1 amide bonds. The molecule has 1 aromatic rings. The zero-order valence-electron chi connectivity index (χ0n) is 9.17. The lowest BCUT2D eigenvalue weighted by Gasteiger charge is -2.14. The highest BCUT2D eigenvalue weighted by atomic mass is 16.5. The standard InChI is InChI=1S/C10H12N2O5/c1-5-2-11-17-8(5)9(13)12-7-4-16-3-6(7)10(14)15/h2,6-7H,3-4H2,1H3,(H,12,13)(H,14,15). The number of nitrogens with zero attached hydrogens (tertiary/aromatic N) is 1. The van der Waals surface area contributed by atoms with E-state index in [1.165, 1.54) is 6.20 Å². The molecule has 1 aliphatic heterocycles. The van der Waals surface area contributed by atoms with Crippen LogP contribution < -0.4 is 5.32 Å². The number of aryl methyl sites for hydroxylation is 1. The van der Waals surface area contributed by atoms with Crippen LogP contribution in [0.3, 0.4) is 0 Å². The fraction of sp³-hybridized carbons (Fsp3) is 0.500. The molecule has 0 radical (unpaired) electrons. The lowest BCUT2D eigenvalue weighted by molar-refractivity contribution is -0.142. The summed E-state index contributed by atoms with van der Waals surface area (Å²) in [5, 5.41) is 15.0. The average molecular weight is 240 g/mol. The van der Waals surface area contributed by atoms with Gasteiger partial charge in [-0.25, -0.2) is 0 Å². The number of amides is 1. The molecule has 1 saturated heterocycles. The maximum absolute atomic E-state index is 11.8. The van der Waals surface area contributed by atoms with Crippen molar-refractivity contribution < 1.29 is 24.0 Å². The van der Waals surface area contributed by atoms with E-state index in [0.29, 0.717) is 5.56 Å². The summed E-state index contributed by atoms with van der Waals surface area (Å²) in [5.74, 6) is -2.08.